The molecule has 1 aliphatic rings. The molecule has 0 amide bonds. The van der Waals surface area contributed by atoms with Crippen LogP contribution in [-0.2, 0) is 9.53 Å². The van der Waals surface area contributed by atoms with Crippen LogP contribution in [0.25, 0.3) is 0 Å². The van der Waals surface area contributed by atoms with Crippen molar-refractivity contribution in [2.24, 2.45) is 5.92 Å². The van der Waals surface area contributed by atoms with E-state index >= 15 is 0 Å². The molecule has 1 fully saturated rings. The molecule has 1 N–H and O–H groups in total. The molecule has 5 heteroatoms. The summed E-state index contributed by atoms with van der Waals surface area (Å²) in [6, 6.07) is 7.91. The maximum absolute atomic E-state index is 12.3. The van der Waals surface area contributed by atoms with Crippen LogP contribution in [0.15, 0.2) is 29.2 Å². The Bertz CT molecular complexity index is 473. The number of carbonyl (C=O) groups is 1. The van der Waals surface area contributed by atoms with Crippen LogP contribution in [0, 0.1) is 5.92 Å². The normalized spacial score (nSPS) is 17.1. The standard InChI is InChI=1S/C16H23NO3S/c1-4-17-16(12-5-6-12,15(18)20-3)11-21-14-9-7-13(19-2)8-10-14/h7-10,12,17H,4-6,11H2,1-3H3. The Morgan fingerprint density at radius 2 is 2.00 bits per heavy atom. The van der Waals surface area contributed by atoms with Gasteiger partial charge in [0, 0.05) is 10.6 Å². The summed E-state index contributed by atoms with van der Waals surface area (Å²) in [7, 11) is 3.12. The maximum Gasteiger partial charge on any atom is 0.327 e. The summed E-state index contributed by atoms with van der Waals surface area (Å²) < 4.78 is 10.2. The van der Waals surface area contributed by atoms with E-state index in [1.807, 2.05) is 31.2 Å². The third-order valence-corrected chi connectivity index (χ3v) is 5.05. The van der Waals surface area contributed by atoms with E-state index < -0.39 is 5.54 Å². The summed E-state index contributed by atoms with van der Waals surface area (Å²) in [5.74, 6) is 1.76. The van der Waals surface area contributed by atoms with Gasteiger partial charge in [0.15, 0.2) is 0 Å². The fourth-order valence-electron chi connectivity index (χ4n) is 2.55. The van der Waals surface area contributed by atoms with Gasteiger partial charge in [-0.15, -0.1) is 11.8 Å². The molecule has 1 unspecified atom stereocenters. The summed E-state index contributed by atoms with van der Waals surface area (Å²) in [4.78, 5) is 13.4. The SMILES string of the molecule is CCNC(CSc1ccc(OC)cc1)(C(=O)OC)C1CC1. The first-order valence-corrected chi connectivity index (χ1v) is 8.25. The quantitative estimate of drug-likeness (QED) is 0.591. The molecule has 0 aliphatic heterocycles. The molecule has 0 aromatic heterocycles. The first-order valence-electron chi connectivity index (χ1n) is 7.26. The summed E-state index contributed by atoms with van der Waals surface area (Å²) >= 11 is 1.68. The molecule has 1 saturated carbocycles. The molecule has 0 saturated heterocycles. The van der Waals surface area contributed by atoms with Gasteiger partial charge in [-0.2, -0.15) is 0 Å². The van der Waals surface area contributed by atoms with Crippen molar-refractivity contribution in [1.29, 1.82) is 0 Å². The van der Waals surface area contributed by atoms with Gasteiger partial charge < -0.3 is 14.8 Å². The highest BCUT2D eigenvalue weighted by molar-refractivity contribution is 7.99. The summed E-state index contributed by atoms with van der Waals surface area (Å²) in [5.41, 5.74) is -0.561. The highest BCUT2D eigenvalue weighted by Crippen LogP contribution is 2.43. The van der Waals surface area contributed by atoms with Crippen molar-refractivity contribution < 1.29 is 14.3 Å². The first-order chi connectivity index (χ1) is 10.2. The largest absolute Gasteiger partial charge is 0.497 e. The fraction of sp³-hybridized carbons (Fsp3) is 0.562. The predicted molar refractivity (Wildman–Crippen MR) is 84.9 cm³/mol. The van der Waals surface area contributed by atoms with E-state index in [4.69, 9.17) is 9.47 Å². The number of hydrogen-bond acceptors (Lipinski definition) is 5. The second-order valence-corrected chi connectivity index (χ2v) is 6.28. The number of esters is 1. The summed E-state index contributed by atoms with van der Waals surface area (Å²) in [6.45, 7) is 2.78. The fourth-order valence-corrected chi connectivity index (χ4v) is 3.73. The van der Waals surface area contributed by atoms with Gasteiger partial charge in [0.1, 0.15) is 11.3 Å². The van der Waals surface area contributed by atoms with E-state index in [2.05, 4.69) is 5.32 Å². The van der Waals surface area contributed by atoms with E-state index in [1.165, 1.54) is 7.11 Å². The number of methoxy groups -OCH3 is 2. The molecular weight excluding hydrogens is 286 g/mol. The number of likely N-dealkylation sites (N-methyl/N-ethyl adjacent to an activating group) is 1. The summed E-state index contributed by atoms with van der Waals surface area (Å²) in [5, 5.41) is 3.38. The van der Waals surface area contributed by atoms with Crippen LogP contribution < -0.4 is 10.1 Å². The topological polar surface area (TPSA) is 47.6 Å². The molecule has 0 bridgehead atoms. The van der Waals surface area contributed by atoms with Gasteiger partial charge in [-0.25, -0.2) is 0 Å². The van der Waals surface area contributed by atoms with Crippen molar-refractivity contribution in [2.45, 2.75) is 30.2 Å². The van der Waals surface area contributed by atoms with Crippen molar-refractivity contribution >= 4 is 17.7 Å². The number of hydrogen-bond donors (Lipinski definition) is 1. The van der Waals surface area contributed by atoms with Gasteiger partial charge >= 0.3 is 5.97 Å². The van der Waals surface area contributed by atoms with Crippen molar-refractivity contribution in [3.05, 3.63) is 24.3 Å². The maximum atomic E-state index is 12.3. The zero-order chi connectivity index (χ0) is 15.3. The highest BCUT2D eigenvalue weighted by Gasteiger charge is 2.51. The Kier molecular flexibility index (Phi) is 5.53. The zero-order valence-electron chi connectivity index (χ0n) is 12.8. The lowest BCUT2D eigenvalue weighted by Crippen LogP contribution is -2.56. The average molecular weight is 309 g/mol. The van der Waals surface area contributed by atoms with Gasteiger partial charge in [-0.3, -0.25) is 4.79 Å². The molecule has 2 rings (SSSR count). The number of nitrogens with one attached hydrogen (secondary N) is 1. The lowest BCUT2D eigenvalue weighted by atomic mass is 9.95. The van der Waals surface area contributed by atoms with Crippen LogP contribution >= 0.6 is 11.8 Å². The minimum Gasteiger partial charge on any atom is -0.497 e. The van der Waals surface area contributed by atoms with Crippen molar-refractivity contribution in [1.82, 2.24) is 5.32 Å². The molecule has 0 heterocycles. The third kappa shape index (κ3) is 3.71. The van der Waals surface area contributed by atoms with Gasteiger partial charge in [-0.05, 0) is 49.6 Å². The number of rotatable bonds is 8. The first kappa shape index (κ1) is 16.2. The van der Waals surface area contributed by atoms with Crippen molar-refractivity contribution in [3.8, 4) is 5.75 Å². The highest BCUT2D eigenvalue weighted by atomic mass is 32.2. The Labute approximate surface area is 130 Å². The Balaban J connectivity index is 2.08. The molecular formula is C16H23NO3S. The minimum atomic E-state index is -0.561. The molecule has 0 radical (unpaired) electrons. The number of benzene rings is 1. The second-order valence-electron chi connectivity index (χ2n) is 5.23. The van der Waals surface area contributed by atoms with Gasteiger partial charge in [-0.1, -0.05) is 6.92 Å². The molecule has 4 nitrogen and oxygen atoms in total. The Morgan fingerprint density at radius 1 is 1.33 bits per heavy atom. The lowest BCUT2D eigenvalue weighted by Gasteiger charge is -2.31. The van der Waals surface area contributed by atoms with E-state index in [1.54, 1.807) is 18.9 Å². The van der Waals surface area contributed by atoms with E-state index in [0.29, 0.717) is 11.7 Å². The molecule has 116 valence electrons. The molecule has 1 aromatic rings. The third-order valence-electron chi connectivity index (χ3n) is 3.84. The zero-order valence-corrected chi connectivity index (χ0v) is 13.7. The molecule has 1 aromatic carbocycles. The van der Waals surface area contributed by atoms with Gasteiger partial charge in [0.25, 0.3) is 0 Å². The van der Waals surface area contributed by atoms with Crippen LogP contribution in [0.3, 0.4) is 0 Å². The number of ether oxygens (including phenoxy) is 2. The molecule has 1 aliphatic carbocycles. The molecule has 1 atom stereocenters. The average Bonchev–Trinajstić information content (AvgIpc) is 3.36. The molecule has 0 spiro atoms. The minimum absolute atomic E-state index is 0.145. The summed E-state index contributed by atoms with van der Waals surface area (Å²) in [6.07, 6.45) is 2.18. The monoisotopic (exact) mass is 309 g/mol. The molecule has 21 heavy (non-hydrogen) atoms. The van der Waals surface area contributed by atoms with E-state index in [9.17, 15) is 4.79 Å². The van der Waals surface area contributed by atoms with E-state index in [0.717, 1.165) is 30.0 Å². The van der Waals surface area contributed by atoms with Crippen LogP contribution in [0.1, 0.15) is 19.8 Å². The van der Waals surface area contributed by atoms with Crippen LogP contribution in [0.2, 0.25) is 0 Å². The van der Waals surface area contributed by atoms with Crippen LogP contribution in [0.4, 0.5) is 0 Å². The van der Waals surface area contributed by atoms with Gasteiger partial charge in [0.05, 0.1) is 14.2 Å². The smallest absolute Gasteiger partial charge is 0.327 e. The Morgan fingerprint density at radius 3 is 2.48 bits per heavy atom. The van der Waals surface area contributed by atoms with Crippen molar-refractivity contribution in [2.75, 3.05) is 26.5 Å². The lowest BCUT2D eigenvalue weighted by molar-refractivity contribution is -0.148. The van der Waals surface area contributed by atoms with Crippen LogP contribution in [0.5, 0.6) is 5.75 Å². The predicted octanol–water partition coefficient (Wildman–Crippen LogP) is 2.72. The van der Waals surface area contributed by atoms with E-state index in [-0.39, 0.29) is 5.97 Å². The number of carbonyl (C=O) groups excluding carboxylic acids is 1. The second kappa shape index (κ2) is 7.18. The Hall–Kier alpha value is -1.20. The number of thioether (sulfide) groups is 1. The van der Waals surface area contributed by atoms with Crippen molar-refractivity contribution in [3.63, 3.8) is 0 Å². The van der Waals surface area contributed by atoms with Crippen LogP contribution in [-0.4, -0.2) is 38.0 Å². The van der Waals surface area contributed by atoms with Gasteiger partial charge in [0.2, 0.25) is 0 Å².